The summed E-state index contributed by atoms with van der Waals surface area (Å²) in [5.74, 6) is 0.357. The maximum atomic E-state index is 12.4. The van der Waals surface area contributed by atoms with E-state index in [2.05, 4.69) is 42.4 Å². The number of nitrogens with zero attached hydrogens (tertiary/aromatic N) is 2. The molecule has 0 spiro atoms. The number of carbonyl (C=O) groups is 1. The van der Waals surface area contributed by atoms with Crippen LogP contribution in [0.2, 0.25) is 0 Å². The van der Waals surface area contributed by atoms with E-state index in [9.17, 15) is 4.79 Å². The number of aryl methyl sites for hydroxylation is 1. The van der Waals surface area contributed by atoms with Gasteiger partial charge in [0.15, 0.2) is 0 Å². The summed E-state index contributed by atoms with van der Waals surface area (Å²) in [6.45, 7) is 6.36. The largest absolute Gasteiger partial charge is 0.349 e. The summed E-state index contributed by atoms with van der Waals surface area (Å²) >= 11 is 1.73. The van der Waals surface area contributed by atoms with Gasteiger partial charge in [0.25, 0.3) is 5.91 Å². The predicted octanol–water partition coefficient (Wildman–Crippen LogP) is 4.68. The van der Waals surface area contributed by atoms with Gasteiger partial charge >= 0.3 is 0 Å². The van der Waals surface area contributed by atoms with E-state index in [1.54, 1.807) is 11.3 Å². The molecule has 5 heteroatoms. The minimum Gasteiger partial charge on any atom is -0.349 e. The second-order valence-electron chi connectivity index (χ2n) is 7.06. The van der Waals surface area contributed by atoms with Crippen molar-refractivity contribution in [2.45, 2.75) is 45.6 Å². The van der Waals surface area contributed by atoms with Crippen LogP contribution < -0.4 is 5.32 Å². The molecule has 1 aliphatic rings. The number of amides is 1. The quantitative estimate of drug-likeness (QED) is 0.742. The Hall–Kier alpha value is -2.27. The fraction of sp³-hybridized carbons (Fsp3) is 0.350. The first-order valence-electron chi connectivity index (χ1n) is 8.70. The highest BCUT2D eigenvalue weighted by atomic mass is 32.1. The Balaban J connectivity index is 1.77. The van der Waals surface area contributed by atoms with Gasteiger partial charge in [0, 0.05) is 21.9 Å². The Labute approximate surface area is 151 Å². The summed E-state index contributed by atoms with van der Waals surface area (Å²) < 4.78 is 1.19. The maximum Gasteiger partial charge on any atom is 0.251 e. The number of rotatable bonds is 4. The van der Waals surface area contributed by atoms with E-state index in [4.69, 9.17) is 0 Å². The van der Waals surface area contributed by atoms with Crippen LogP contribution in [0.25, 0.3) is 20.5 Å². The Morgan fingerprint density at radius 2 is 2.08 bits per heavy atom. The van der Waals surface area contributed by atoms with E-state index in [0.29, 0.717) is 12.0 Å². The van der Waals surface area contributed by atoms with Crippen molar-refractivity contribution in [2.75, 3.05) is 0 Å². The molecule has 1 aliphatic carbocycles. The van der Waals surface area contributed by atoms with E-state index in [1.807, 2.05) is 24.4 Å². The molecule has 0 atom stereocenters. The lowest BCUT2D eigenvalue weighted by Crippen LogP contribution is -2.25. The summed E-state index contributed by atoms with van der Waals surface area (Å²) in [5, 5.41) is 12.6. The molecular weight excluding hydrogens is 330 g/mol. The maximum absolute atomic E-state index is 12.4. The summed E-state index contributed by atoms with van der Waals surface area (Å²) in [6.07, 6.45) is 4.01. The van der Waals surface area contributed by atoms with E-state index >= 15 is 0 Å². The topological polar surface area (TPSA) is 54.9 Å². The van der Waals surface area contributed by atoms with Crippen LogP contribution in [0.1, 0.15) is 54.2 Å². The lowest BCUT2D eigenvalue weighted by molar-refractivity contribution is 0.0951. The number of fused-ring (bicyclic) bond motifs is 1. The number of hydrogen-bond donors (Lipinski definition) is 1. The van der Waals surface area contributed by atoms with Crippen molar-refractivity contribution >= 4 is 27.3 Å². The molecule has 3 aromatic rings. The zero-order valence-electron chi connectivity index (χ0n) is 14.7. The number of hydrogen-bond acceptors (Lipinski definition) is 4. The number of benzene rings is 1. The molecule has 0 aliphatic heterocycles. The molecule has 4 rings (SSSR count). The third kappa shape index (κ3) is 3.16. The highest BCUT2D eigenvalue weighted by Gasteiger charge is 2.24. The molecule has 2 heterocycles. The molecule has 1 fully saturated rings. The molecular formula is C20H21N3OS. The van der Waals surface area contributed by atoms with E-state index in [1.165, 1.54) is 10.3 Å². The van der Waals surface area contributed by atoms with Crippen LogP contribution in [0.3, 0.4) is 0 Å². The molecule has 0 unspecified atom stereocenters. The molecule has 1 aromatic carbocycles. The average Bonchev–Trinajstić information content (AvgIpc) is 3.29. The number of thiophene rings is 1. The van der Waals surface area contributed by atoms with Gasteiger partial charge < -0.3 is 5.32 Å². The fourth-order valence-electron chi connectivity index (χ4n) is 2.94. The third-order valence-corrected chi connectivity index (χ3v) is 5.79. The first-order valence-corrected chi connectivity index (χ1v) is 9.51. The van der Waals surface area contributed by atoms with Crippen LogP contribution in [0.5, 0.6) is 0 Å². The van der Waals surface area contributed by atoms with Crippen molar-refractivity contribution < 1.29 is 4.79 Å². The van der Waals surface area contributed by atoms with Gasteiger partial charge in [0.2, 0.25) is 0 Å². The van der Waals surface area contributed by atoms with E-state index in [0.717, 1.165) is 39.9 Å². The van der Waals surface area contributed by atoms with Crippen LogP contribution >= 0.6 is 11.3 Å². The molecule has 4 nitrogen and oxygen atoms in total. The molecule has 1 N–H and O–H groups in total. The van der Waals surface area contributed by atoms with Gasteiger partial charge in [0.05, 0.1) is 16.6 Å². The van der Waals surface area contributed by atoms with Crippen molar-refractivity contribution in [3.05, 3.63) is 47.3 Å². The van der Waals surface area contributed by atoms with Crippen LogP contribution in [0.15, 0.2) is 30.5 Å². The summed E-state index contributed by atoms with van der Waals surface area (Å²) in [6, 6.07) is 8.47. The lowest BCUT2D eigenvalue weighted by Gasteiger charge is -2.08. The van der Waals surface area contributed by atoms with Crippen molar-refractivity contribution in [1.29, 1.82) is 0 Å². The smallest absolute Gasteiger partial charge is 0.251 e. The molecule has 1 amide bonds. The minimum atomic E-state index is 0.0241. The SMILES string of the molecule is Cc1ccc(C(=O)NC2CC2)cc1-c1cc2cnnc(C(C)C)c2s1. The second kappa shape index (κ2) is 6.23. The minimum absolute atomic E-state index is 0.0241. The highest BCUT2D eigenvalue weighted by Crippen LogP contribution is 2.38. The van der Waals surface area contributed by atoms with Crippen molar-refractivity contribution in [3.63, 3.8) is 0 Å². The number of carbonyl (C=O) groups excluding carboxylic acids is 1. The van der Waals surface area contributed by atoms with Crippen LogP contribution in [-0.2, 0) is 0 Å². The molecule has 1 saturated carbocycles. The van der Waals surface area contributed by atoms with Crippen LogP contribution in [0.4, 0.5) is 0 Å². The molecule has 0 bridgehead atoms. The van der Waals surface area contributed by atoms with Gasteiger partial charge in [0.1, 0.15) is 0 Å². The van der Waals surface area contributed by atoms with Gasteiger partial charge in [-0.1, -0.05) is 19.9 Å². The standard InChI is InChI=1S/C20H21N3OS/c1-11(2)18-19-14(10-21-23-18)9-17(25-19)16-8-13(5-4-12(16)3)20(24)22-15-6-7-15/h4-5,8-11,15H,6-7H2,1-3H3,(H,22,24). The van der Waals surface area contributed by atoms with Crippen molar-refractivity contribution in [1.82, 2.24) is 15.5 Å². The Morgan fingerprint density at radius 1 is 1.28 bits per heavy atom. The molecule has 0 radical (unpaired) electrons. The Kier molecular flexibility index (Phi) is 4.04. The van der Waals surface area contributed by atoms with Gasteiger partial charge in [-0.25, -0.2) is 0 Å². The third-order valence-electron chi connectivity index (χ3n) is 4.58. The lowest BCUT2D eigenvalue weighted by atomic mass is 10.0. The van der Waals surface area contributed by atoms with Crippen LogP contribution in [0, 0.1) is 6.92 Å². The summed E-state index contributed by atoms with van der Waals surface area (Å²) in [4.78, 5) is 13.5. The number of aromatic nitrogens is 2. The zero-order chi connectivity index (χ0) is 17.6. The number of nitrogens with one attached hydrogen (secondary N) is 1. The van der Waals surface area contributed by atoms with Gasteiger partial charge in [-0.2, -0.15) is 10.2 Å². The fourth-order valence-corrected chi connectivity index (χ4v) is 4.28. The Morgan fingerprint density at radius 3 is 2.80 bits per heavy atom. The highest BCUT2D eigenvalue weighted by molar-refractivity contribution is 7.22. The summed E-state index contributed by atoms with van der Waals surface area (Å²) in [7, 11) is 0. The predicted molar refractivity (Wildman–Crippen MR) is 102 cm³/mol. The molecule has 128 valence electrons. The van der Waals surface area contributed by atoms with Gasteiger partial charge in [-0.05, 0) is 55.0 Å². The molecule has 25 heavy (non-hydrogen) atoms. The molecule has 2 aromatic heterocycles. The average molecular weight is 351 g/mol. The van der Waals surface area contributed by atoms with E-state index in [-0.39, 0.29) is 5.91 Å². The molecule has 0 saturated heterocycles. The van der Waals surface area contributed by atoms with Crippen LogP contribution in [-0.4, -0.2) is 22.1 Å². The van der Waals surface area contributed by atoms with E-state index < -0.39 is 0 Å². The Bertz CT molecular complexity index is 957. The normalized spacial score (nSPS) is 14.2. The van der Waals surface area contributed by atoms with Crippen molar-refractivity contribution in [2.24, 2.45) is 0 Å². The monoisotopic (exact) mass is 351 g/mol. The zero-order valence-corrected chi connectivity index (χ0v) is 15.5. The second-order valence-corrected chi connectivity index (χ2v) is 8.11. The summed E-state index contributed by atoms with van der Waals surface area (Å²) in [5.41, 5.74) is 4.04. The van der Waals surface area contributed by atoms with Gasteiger partial charge in [-0.15, -0.1) is 11.3 Å². The van der Waals surface area contributed by atoms with Gasteiger partial charge in [-0.3, -0.25) is 4.79 Å². The first kappa shape index (κ1) is 16.2. The first-order chi connectivity index (χ1) is 12.0. The van der Waals surface area contributed by atoms with Crippen molar-refractivity contribution in [3.8, 4) is 10.4 Å².